The van der Waals surface area contributed by atoms with Crippen molar-refractivity contribution in [2.75, 3.05) is 5.32 Å². The molecule has 0 aliphatic carbocycles. The van der Waals surface area contributed by atoms with Gasteiger partial charge in [-0.2, -0.15) is 0 Å². The van der Waals surface area contributed by atoms with Crippen molar-refractivity contribution in [2.45, 2.75) is 0 Å². The van der Waals surface area contributed by atoms with Gasteiger partial charge in [0.05, 0.1) is 0 Å². The molecule has 0 radical (unpaired) electrons. The standard InChI is InChI=1S/C14H11BrN2O/c15-12-4-1-5-13(9-12)17-14(18)7-6-11-3-2-8-16-10-11/h1-10H,(H,17,18)/b7-6+. The fourth-order valence-corrected chi connectivity index (χ4v) is 1.80. The summed E-state index contributed by atoms with van der Waals surface area (Å²) in [5.41, 5.74) is 1.65. The lowest BCUT2D eigenvalue weighted by molar-refractivity contribution is -0.111. The van der Waals surface area contributed by atoms with Crippen molar-refractivity contribution in [1.29, 1.82) is 0 Å². The molecule has 18 heavy (non-hydrogen) atoms. The van der Waals surface area contributed by atoms with Gasteiger partial charge in [0.2, 0.25) is 5.91 Å². The van der Waals surface area contributed by atoms with E-state index in [0.29, 0.717) is 0 Å². The second kappa shape index (κ2) is 6.12. The lowest BCUT2D eigenvalue weighted by Gasteiger charge is -2.01. The number of anilines is 1. The highest BCUT2D eigenvalue weighted by molar-refractivity contribution is 9.10. The van der Waals surface area contributed by atoms with Gasteiger partial charge in [-0.25, -0.2) is 0 Å². The zero-order chi connectivity index (χ0) is 12.8. The molecule has 2 aromatic rings. The van der Waals surface area contributed by atoms with E-state index in [4.69, 9.17) is 0 Å². The number of carbonyl (C=O) groups is 1. The average Bonchev–Trinajstić information content (AvgIpc) is 2.38. The SMILES string of the molecule is O=C(/C=C/c1cccnc1)Nc1cccc(Br)c1. The minimum absolute atomic E-state index is 0.169. The fourth-order valence-electron chi connectivity index (χ4n) is 1.40. The summed E-state index contributed by atoms with van der Waals surface area (Å²) in [6, 6.07) is 11.2. The van der Waals surface area contributed by atoms with Gasteiger partial charge in [-0.3, -0.25) is 9.78 Å². The molecule has 0 unspecified atom stereocenters. The van der Waals surface area contributed by atoms with Crippen LogP contribution >= 0.6 is 15.9 Å². The van der Waals surface area contributed by atoms with E-state index in [1.165, 1.54) is 6.08 Å². The van der Waals surface area contributed by atoms with Crippen molar-refractivity contribution in [2.24, 2.45) is 0 Å². The minimum atomic E-state index is -0.169. The van der Waals surface area contributed by atoms with E-state index < -0.39 is 0 Å². The van der Waals surface area contributed by atoms with Crippen molar-refractivity contribution in [3.63, 3.8) is 0 Å². The zero-order valence-electron chi connectivity index (χ0n) is 9.51. The smallest absolute Gasteiger partial charge is 0.248 e. The van der Waals surface area contributed by atoms with Crippen LogP contribution in [-0.4, -0.2) is 10.9 Å². The summed E-state index contributed by atoms with van der Waals surface area (Å²) in [5.74, 6) is -0.169. The van der Waals surface area contributed by atoms with Crippen LogP contribution in [0.4, 0.5) is 5.69 Å². The third-order valence-electron chi connectivity index (χ3n) is 2.20. The maximum atomic E-state index is 11.7. The molecular formula is C14H11BrN2O. The van der Waals surface area contributed by atoms with Crippen LogP contribution in [0.1, 0.15) is 5.56 Å². The molecule has 90 valence electrons. The molecule has 1 amide bonds. The van der Waals surface area contributed by atoms with Gasteiger partial charge in [-0.15, -0.1) is 0 Å². The summed E-state index contributed by atoms with van der Waals surface area (Å²) in [4.78, 5) is 15.6. The molecule has 4 heteroatoms. The van der Waals surface area contributed by atoms with Crippen molar-refractivity contribution >= 4 is 33.6 Å². The molecule has 0 aliphatic rings. The number of amides is 1. The van der Waals surface area contributed by atoms with Gasteiger partial charge in [0.25, 0.3) is 0 Å². The van der Waals surface area contributed by atoms with Gasteiger partial charge in [0, 0.05) is 28.6 Å². The Morgan fingerprint density at radius 1 is 1.28 bits per heavy atom. The average molecular weight is 303 g/mol. The number of hydrogen-bond donors (Lipinski definition) is 1. The first-order chi connectivity index (χ1) is 8.74. The summed E-state index contributed by atoms with van der Waals surface area (Å²) in [6.45, 7) is 0. The van der Waals surface area contributed by atoms with Crippen LogP contribution in [0.3, 0.4) is 0 Å². The van der Waals surface area contributed by atoms with Gasteiger partial charge >= 0.3 is 0 Å². The quantitative estimate of drug-likeness (QED) is 0.882. The van der Waals surface area contributed by atoms with Crippen LogP contribution in [-0.2, 0) is 4.79 Å². The molecule has 0 fully saturated rings. The number of hydrogen-bond acceptors (Lipinski definition) is 2. The molecule has 0 spiro atoms. The van der Waals surface area contributed by atoms with E-state index in [2.05, 4.69) is 26.2 Å². The molecule has 1 heterocycles. The van der Waals surface area contributed by atoms with Crippen LogP contribution in [0.5, 0.6) is 0 Å². The van der Waals surface area contributed by atoms with Crippen molar-refractivity contribution < 1.29 is 4.79 Å². The number of nitrogens with one attached hydrogen (secondary N) is 1. The van der Waals surface area contributed by atoms with Crippen LogP contribution < -0.4 is 5.32 Å². The van der Waals surface area contributed by atoms with Crippen LogP contribution in [0.2, 0.25) is 0 Å². The summed E-state index contributed by atoms with van der Waals surface area (Å²) in [6.07, 6.45) is 6.60. The largest absolute Gasteiger partial charge is 0.322 e. The second-order valence-corrected chi connectivity index (χ2v) is 4.53. The monoisotopic (exact) mass is 302 g/mol. The van der Waals surface area contributed by atoms with E-state index in [-0.39, 0.29) is 5.91 Å². The Bertz CT molecular complexity index is 567. The van der Waals surface area contributed by atoms with Crippen LogP contribution in [0.25, 0.3) is 6.08 Å². The van der Waals surface area contributed by atoms with Gasteiger partial charge in [-0.1, -0.05) is 28.1 Å². The number of benzene rings is 1. The Labute approximate surface area is 114 Å². The first-order valence-electron chi connectivity index (χ1n) is 5.39. The molecule has 0 saturated carbocycles. The van der Waals surface area contributed by atoms with Crippen LogP contribution in [0.15, 0.2) is 59.3 Å². The zero-order valence-corrected chi connectivity index (χ0v) is 11.1. The van der Waals surface area contributed by atoms with E-state index in [9.17, 15) is 4.79 Å². The molecule has 3 nitrogen and oxygen atoms in total. The highest BCUT2D eigenvalue weighted by Gasteiger charge is 1.98. The minimum Gasteiger partial charge on any atom is -0.322 e. The maximum Gasteiger partial charge on any atom is 0.248 e. The first-order valence-corrected chi connectivity index (χ1v) is 6.18. The molecule has 1 aromatic carbocycles. The van der Waals surface area contributed by atoms with E-state index in [1.807, 2.05) is 36.4 Å². The summed E-state index contributed by atoms with van der Waals surface area (Å²) in [7, 11) is 0. The third-order valence-corrected chi connectivity index (χ3v) is 2.70. The van der Waals surface area contributed by atoms with Gasteiger partial charge in [-0.05, 0) is 35.9 Å². The van der Waals surface area contributed by atoms with Crippen molar-refractivity contribution in [3.8, 4) is 0 Å². The van der Waals surface area contributed by atoms with Crippen molar-refractivity contribution in [1.82, 2.24) is 4.98 Å². The highest BCUT2D eigenvalue weighted by atomic mass is 79.9. The Morgan fingerprint density at radius 3 is 2.89 bits per heavy atom. The van der Waals surface area contributed by atoms with E-state index in [1.54, 1.807) is 18.5 Å². The Hall–Kier alpha value is -1.94. The summed E-state index contributed by atoms with van der Waals surface area (Å²) >= 11 is 3.35. The highest BCUT2D eigenvalue weighted by Crippen LogP contribution is 2.15. The Kier molecular flexibility index (Phi) is 4.25. The molecule has 0 aliphatic heterocycles. The molecule has 1 N–H and O–H groups in total. The molecule has 0 saturated heterocycles. The predicted octanol–water partition coefficient (Wildman–Crippen LogP) is 3.50. The normalized spacial score (nSPS) is 10.5. The summed E-state index contributed by atoms with van der Waals surface area (Å²) < 4.78 is 0.927. The number of aromatic nitrogens is 1. The number of nitrogens with zero attached hydrogens (tertiary/aromatic N) is 1. The van der Waals surface area contributed by atoms with Gasteiger partial charge in [0.1, 0.15) is 0 Å². The van der Waals surface area contributed by atoms with Gasteiger partial charge < -0.3 is 5.32 Å². The molecular weight excluding hydrogens is 292 g/mol. The predicted molar refractivity (Wildman–Crippen MR) is 76.0 cm³/mol. The Morgan fingerprint density at radius 2 is 2.17 bits per heavy atom. The lowest BCUT2D eigenvalue weighted by Crippen LogP contribution is -2.07. The Balaban J connectivity index is 1.99. The number of carbonyl (C=O) groups excluding carboxylic acids is 1. The lowest BCUT2D eigenvalue weighted by atomic mass is 10.2. The van der Waals surface area contributed by atoms with E-state index >= 15 is 0 Å². The van der Waals surface area contributed by atoms with Gasteiger partial charge in [0.15, 0.2) is 0 Å². The summed E-state index contributed by atoms with van der Waals surface area (Å²) in [5, 5.41) is 2.78. The molecule has 0 bridgehead atoms. The second-order valence-electron chi connectivity index (χ2n) is 3.62. The number of rotatable bonds is 3. The molecule has 2 rings (SSSR count). The fraction of sp³-hybridized carbons (Fsp3) is 0. The van der Waals surface area contributed by atoms with E-state index in [0.717, 1.165) is 15.7 Å². The topological polar surface area (TPSA) is 42.0 Å². The first kappa shape index (κ1) is 12.5. The van der Waals surface area contributed by atoms with Crippen molar-refractivity contribution in [3.05, 3.63) is 64.9 Å². The number of halogens is 1. The molecule has 1 aromatic heterocycles. The third kappa shape index (κ3) is 3.82. The number of pyridine rings is 1. The molecule has 0 atom stereocenters. The van der Waals surface area contributed by atoms with Crippen LogP contribution in [0, 0.1) is 0 Å². The maximum absolute atomic E-state index is 11.7.